The second kappa shape index (κ2) is 9.53. The van der Waals surface area contributed by atoms with Crippen molar-refractivity contribution < 1.29 is 4.79 Å². The molecule has 27 heavy (non-hydrogen) atoms. The summed E-state index contributed by atoms with van der Waals surface area (Å²) in [5.74, 6) is 0.998. The van der Waals surface area contributed by atoms with Gasteiger partial charge in [-0.05, 0) is 31.5 Å². The zero-order valence-electron chi connectivity index (χ0n) is 16.0. The van der Waals surface area contributed by atoms with Crippen LogP contribution in [0.25, 0.3) is 5.69 Å². The summed E-state index contributed by atoms with van der Waals surface area (Å²) in [5, 5.41) is 8.46. The summed E-state index contributed by atoms with van der Waals surface area (Å²) in [7, 11) is 0. The van der Waals surface area contributed by atoms with E-state index in [4.69, 9.17) is 11.6 Å². The minimum atomic E-state index is -0.103. The number of aromatic nitrogens is 3. The van der Waals surface area contributed by atoms with Crippen LogP contribution in [0.5, 0.6) is 0 Å². The van der Waals surface area contributed by atoms with Gasteiger partial charge in [-0.25, -0.2) is 9.67 Å². The number of carbonyl (C=O) groups excluding carboxylic acids is 1. The van der Waals surface area contributed by atoms with Crippen LogP contribution in [-0.4, -0.2) is 51.2 Å². The maximum atomic E-state index is 13.2. The molecule has 0 aliphatic carbocycles. The topological polar surface area (TPSA) is 63.1 Å². The minimum absolute atomic E-state index is 0. The highest BCUT2D eigenvalue weighted by molar-refractivity contribution is 6.32. The zero-order chi connectivity index (χ0) is 18.7. The van der Waals surface area contributed by atoms with Gasteiger partial charge < -0.3 is 10.2 Å². The second-order valence-corrected chi connectivity index (χ2v) is 7.36. The largest absolute Gasteiger partial charge is 0.332 e. The highest BCUT2D eigenvalue weighted by Gasteiger charge is 2.30. The van der Waals surface area contributed by atoms with E-state index in [1.165, 1.54) is 0 Å². The van der Waals surface area contributed by atoms with Gasteiger partial charge in [-0.1, -0.05) is 44.5 Å². The molecule has 1 aromatic carbocycles. The van der Waals surface area contributed by atoms with Crippen LogP contribution in [0, 0.1) is 0 Å². The fourth-order valence-electron chi connectivity index (χ4n) is 3.31. The third-order valence-corrected chi connectivity index (χ3v) is 4.94. The smallest absolute Gasteiger partial charge is 0.293 e. The van der Waals surface area contributed by atoms with E-state index in [0.717, 1.165) is 37.4 Å². The van der Waals surface area contributed by atoms with E-state index in [1.807, 2.05) is 43.0 Å². The lowest BCUT2D eigenvalue weighted by Gasteiger charge is -2.26. The van der Waals surface area contributed by atoms with Crippen LogP contribution >= 0.6 is 24.0 Å². The molecule has 1 fully saturated rings. The molecule has 2 heterocycles. The van der Waals surface area contributed by atoms with Gasteiger partial charge in [0.15, 0.2) is 0 Å². The standard InChI is InChI=1S/C19H26ClN5O.ClH/c1-4-11-24(14-9-10-21-12-14)19(26)17-22-18(13(2)3)25(23-17)16-8-6-5-7-15(16)20;/h5-8,13-14,21H,4,9-12H2,1-3H3;1H. The predicted octanol–water partition coefficient (Wildman–Crippen LogP) is 3.68. The Morgan fingerprint density at radius 3 is 2.74 bits per heavy atom. The first-order valence-corrected chi connectivity index (χ1v) is 9.64. The number of nitrogens with one attached hydrogen (secondary N) is 1. The summed E-state index contributed by atoms with van der Waals surface area (Å²) in [6, 6.07) is 7.69. The summed E-state index contributed by atoms with van der Waals surface area (Å²) in [4.78, 5) is 19.6. The molecule has 1 aliphatic heterocycles. The molecular formula is C19H27Cl2N5O. The van der Waals surface area contributed by atoms with Crippen molar-refractivity contribution in [2.24, 2.45) is 0 Å². The van der Waals surface area contributed by atoms with Crippen LogP contribution in [0.3, 0.4) is 0 Å². The SMILES string of the molecule is CCCN(C(=O)c1nc(C(C)C)n(-c2ccccc2Cl)n1)C1CCNC1.Cl. The Morgan fingerprint density at radius 1 is 1.41 bits per heavy atom. The summed E-state index contributed by atoms with van der Waals surface area (Å²) < 4.78 is 1.71. The molecule has 3 rings (SSSR count). The average Bonchev–Trinajstić information content (AvgIpc) is 3.29. The van der Waals surface area contributed by atoms with Gasteiger partial charge in [0.2, 0.25) is 5.82 Å². The number of rotatable bonds is 6. The summed E-state index contributed by atoms with van der Waals surface area (Å²) in [5.41, 5.74) is 0.744. The summed E-state index contributed by atoms with van der Waals surface area (Å²) in [6.07, 6.45) is 1.87. The third-order valence-electron chi connectivity index (χ3n) is 4.62. The fraction of sp³-hybridized carbons (Fsp3) is 0.526. The van der Waals surface area contributed by atoms with E-state index in [1.54, 1.807) is 4.68 Å². The number of amides is 1. The number of hydrogen-bond acceptors (Lipinski definition) is 4. The molecule has 0 saturated carbocycles. The van der Waals surface area contributed by atoms with Crippen LogP contribution in [0.15, 0.2) is 24.3 Å². The van der Waals surface area contributed by atoms with Crippen molar-refractivity contribution in [2.45, 2.75) is 45.6 Å². The van der Waals surface area contributed by atoms with Crippen LogP contribution in [-0.2, 0) is 0 Å². The molecule has 148 valence electrons. The van der Waals surface area contributed by atoms with Crippen molar-refractivity contribution in [3.63, 3.8) is 0 Å². The van der Waals surface area contributed by atoms with Gasteiger partial charge in [-0.3, -0.25) is 4.79 Å². The number of para-hydroxylation sites is 1. The first-order chi connectivity index (χ1) is 12.5. The van der Waals surface area contributed by atoms with Gasteiger partial charge in [-0.15, -0.1) is 17.5 Å². The average molecular weight is 412 g/mol. The Hall–Kier alpha value is -1.63. The van der Waals surface area contributed by atoms with Crippen molar-refractivity contribution in [3.8, 4) is 5.69 Å². The number of halogens is 2. The van der Waals surface area contributed by atoms with Crippen molar-refractivity contribution in [2.75, 3.05) is 19.6 Å². The highest BCUT2D eigenvalue weighted by Crippen LogP contribution is 2.24. The van der Waals surface area contributed by atoms with E-state index in [9.17, 15) is 4.79 Å². The maximum absolute atomic E-state index is 13.2. The second-order valence-electron chi connectivity index (χ2n) is 6.96. The van der Waals surface area contributed by atoms with Crippen molar-refractivity contribution in [1.29, 1.82) is 0 Å². The molecule has 1 aromatic heterocycles. The Bertz CT molecular complexity index is 771. The maximum Gasteiger partial charge on any atom is 0.293 e. The molecule has 1 aliphatic rings. The molecule has 1 unspecified atom stereocenters. The van der Waals surface area contributed by atoms with Crippen molar-refractivity contribution in [1.82, 2.24) is 25.0 Å². The molecule has 0 spiro atoms. The van der Waals surface area contributed by atoms with Gasteiger partial charge >= 0.3 is 0 Å². The molecule has 1 N–H and O–H groups in total. The Labute approximate surface area is 171 Å². The first-order valence-electron chi connectivity index (χ1n) is 9.26. The molecular weight excluding hydrogens is 385 g/mol. The van der Waals surface area contributed by atoms with Crippen LogP contribution in [0.1, 0.15) is 56.0 Å². The van der Waals surface area contributed by atoms with Crippen LogP contribution in [0.4, 0.5) is 0 Å². The van der Waals surface area contributed by atoms with E-state index in [2.05, 4.69) is 22.3 Å². The van der Waals surface area contributed by atoms with Gasteiger partial charge in [0, 0.05) is 25.0 Å². The quantitative estimate of drug-likeness (QED) is 0.786. The molecule has 8 heteroatoms. The molecule has 0 bridgehead atoms. The Kier molecular flexibility index (Phi) is 7.65. The van der Waals surface area contributed by atoms with Gasteiger partial charge in [-0.2, -0.15) is 0 Å². The van der Waals surface area contributed by atoms with Crippen LogP contribution in [0.2, 0.25) is 5.02 Å². The van der Waals surface area contributed by atoms with E-state index in [0.29, 0.717) is 11.6 Å². The molecule has 1 atom stereocenters. The Morgan fingerprint density at radius 2 is 2.15 bits per heavy atom. The number of carbonyl (C=O) groups is 1. The Balaban J connectivity index is 0.00000261. The summed E-state index contributed by atoms with van der Waals surface area (Å²) in [6.45, 7) is 8.64. The van der Waals surface area contributed by atoms with Gasteiger partial charge in [0.05, 0.1) is 10.7 Å². The third kappa shape index (κ3) is 4.62. The van der Waals surface area contributed by atoms with Crippen molar-refractivity contribution in [3.05, 3.63) is 40.9 Å². The summed E-state index contributed by atoms with van der Waals surface area (Å²) >= 11 is 6.35. The predicted molar refractivity (Wildman–Crippen MR) is 110 cm³/mol. The number of nitrogens with zero attached hydrogens (tertiary/aromatic N) is 4. The van der Waals surface area contributed by atoms with Gasteiger partial charge in [0.1, 0.15) is 5.82 Å². The lowest BCUT2D eigenvalue weighted by atomic mass is 10.2. The molecule has 0 radical (unpaired) electrons. The molecule has 2 aromatic rings. The highest BCUT2D eigenvalue weighted by atomic mass is 35.5. The molecule has 6 nitrogen and oxygen atoms in total. The minimum Gasteiger partial charge on any atom is -0.332 e. The molecule has 1 amide bonds. The van der Waals surface area contributed by atoms with E-state index in [-0.39, 0.29) is 36.1 Å². The van der Waals surface area contributed by atoms with Crippen LogP contribution < -0.4 is 5.32 Å². The lowest BCUT2D eigenvalue weighted by Crippen LogP contribution is -2.42. The van der Waals surface area contributed by atoms with E-state index >= 15 is 0 Å². The number of benzene rings is 1. The van der Waals surface area contributed by atoms with Crippen molar-refractivity contribution >= 4 is 29.9 Å². The van der Waals surface area contributed by atoms with Gasteiger partial charge in [0.25, 0.3) is 5.91 Å². The monoisotopic (exact) mass is 411 g/mol. The zero-order valence-corrected chi connectivity index (χ0v) is 17.6. The first kappa shape index (κ1) is 21.7. The lowest BCUT2D eigenvalue weighted by molar-refractivity contribution is 0.0679. The fourth-order valence-corrected chi connectivity index (χ4v) is 3.53. The number of hydrogen-bond donors (Lipinski definition) is 1. The normalized spacial score (nSPS) is 16.4. The van der Waals surface area contributed by atoms with E-state index < -0.39 is 0 Å². The molecule has 1 saturated heterocycles.